The zero-order valence-corrected chi connectivity index (χ0v) is 15.8. The Morgan fingerprint density at radius 2 is 1.96 bits per heavy atom. The SMILES string of the molecule is CCCCNC(=O)c1cccc(S(=O)(=O)N2CCCc3ccccc32)c1. The maximum Gasteiger partial charge on any atom is 0.264 e. The summed E-state index contributed by atoms with van der Waals surface area (Å²) in [6, 6.07) is 13.9. The van der Waals surface area contributed by atoms with Gasteiger partial charge in [0.05, 0.1) is 10.6 Å². The van der Waals surface area contributed by atoms with Gasteiger partial charge >= 0.3 is 0 Å². The van der Waals surface area contributed by atoms with E-state index in [1.807, 2.05) is 24.3 Å². The number of benzene rings is 2. The van der Waals surface area contributed by atoms with E-state index in [0.29, 0.717) is 18.7 Å². The highest BCUT2D eigenvalue weighted by Crippen LogP contribution is 2.31. The molecule has 1 aliphatic heterocycles. The fourth-order valence-electron chi connectivity index (χ4n) is 3.15. The van der Waals surface area contributed by atoms with Crippen LogP contribution < -0.4 is 9.62 Å². The van der Waals surface area contributed by atoms with Crippen molar-refractivity contribution >= 4 is 21.6 Å². The Balaban J connectivity index is 1.89. The van der Waals surface area contributed by atoms with Gasteiger partial charge in [0.25, 0.3) is 15.9 Å². The van der Waals surface area contributed by atoms with Crippen LogP contribution in [0.3, 0.4) is 0 Å². The molecule has 6 heteroatoms. The number of nitrogens with one attached hydrogen (secondary N) is 1. The summed E-state index contributed by atoms with van der Waals surface area (Å²) in [6.07, 6.45) is 3.55. The third kappa shape index (κ3) is 3.75. The van der Waals surface area contributed by atoms with E-state index in [0.717, 1.165) is 36.9 Å². The molecule has 26 heavy (non-hydrogen) atoms. The largest absolute Gasteiger partial charge is 0.352 e. The summed E-state index contributed by atoms with van der Waals surface area (Å²) in [7, 11) is -3.70. The number of unbranched alkanes of at least 4 members (excludes halogenated alkanes) is 1. The molecule has 0 spiro atoms. The van der Waals surface area contributed by atoms with E-state index in [1.165, 1.54) is 10.4 Å². The molecule has 1 aliphatic rings. The lowest BCUT2D eigenvalue weighted by Crippen LogP contribution is -2.35. The van der Waals surface area contributed by atoms with Crippen LogP contribution >= 0.6 is 0 Å². The minimum absolute atomic E-state index is 0.150. The quantitative estimate of drug-likeness (QED) is 0.791. The van der Waals surface area contributed by atoms with E-state index in [1.54, 1.807) is 18.2 Å². The Bertz CT molecular complexity index is 893. The van der Waals surface area contributed by atoms with Crippen LogP contribution in [0.2, 0.25) is 0 Å². The number of hydrogen-bond donors (Lipinski definition) is 1. The molecule has 0 atom stereocenters. The number of hydrogen-bond acceptors (Lipinski definition) is 3. The number of para-hydroxylation sites is 1. The van der Waals surface area contributed by atoms with Gasteiger partial charge in [-0.1, -0.05) is 37.6 Å². The summed E-state index contributed by atoms with van der Waals surface area (Å²) in [5, 5.41) is 2.83. The van der Waals surface area contributed by atoms with Gasteiger partial charge in [0, 0.05) is 18.7 Å². The summed E-state index contributed by atoms with van der Waals surface area (Å²) < 4.78 is 27.8. The lowest BCUT2D eigenvalue weighted by atomic mass is 10.0. The monoisotopic (exact) mass is 372 g/mol. The second-order valence-electron chi connectivity index (χ2n) is 6.45. The summed E-state index contributed by atoms with van der Waals surface area (Å²) in [5.74, 6) is -0.241. The fourth-order valence-corrected chi connectivity index (χ4v) is 4.74. The highest BCUT2D eigenvalue weighted by molar-refractivity contribution is 7.92. The predicted octanol–water partition coefficient (Wildman–Crippen LogP) is 3.36. The Hall–Kier alpha value is -2.34. The molecular weight excluding hydrogens is 348 g/mol. The summed E-state index contributed by atoms with van der Waals surface area (Å²) in [6.45, 7) is 3.09. The summed E-state index contributed by atoms with van der Waals surface area (Å²) in [5.41, 5.74) is 2.14. The molecule has 2 aromatic rings. The van der Waals surface area contributed by atoms with Gasteiger partial charge in [-0.3, -0.25) is 9.10 Å². The highest BCUT2D eigenvalue weighted by Gasteiger charge is 2.29. The van der Waals surface area contributed by atoms with Crippen LogP contribution in [0, 0.1) is 0 Å². The van der Waals surface area contributed by atoms with Gasteiger partial charge < -0.3 is 5.32 Å². The molecule has 0 unspecified atom stereocenters. The van der Waals surface area contributed by atoms with Gasteiger partial charge in [-0.05, 0) is 49.1 Å². The first-order valence-corrected chi connectivity index (χ1v) is 10.5. The molecule has 0 saturated heterocycles. The zero-order valence-electron chi connectivity index (χ0n) is 14.9. The van der Waals surface area contributed by atoms with Gasteiger partial charge in [0.15, 0.2) is 0 Å². The first-order valence-electron chi connectivity index (χ1n) is 9.03. The molecule has 0 aliphatic carbocycles. The molecule has 5 nitrogen and oxygen atoms in total. The summed E-state index contributed by atoms with van der Waals surface area (Å²) >= 11 is 0. The lowest BCUT2D eigenvalue weighted by molar-refractivity contribution is 0.0953. The molecule has 0 saturated carbocycles. The van der Waals surface area contributed by atoms with Gasteiger partial charge in [-0.25, -0.2) is 8.42 Å². The Kier molecular flexibility index (Phi) is 5.61. The van der Waals surface area contributed by atoms with Gasteiger partial charge in [0.1, 0.15) is 0 Å². The topological polar surface area (TPSA) is 66.5 Å². The van der Waals surface area contributed by atoms with Crippen molar-refractivity contribution in [3.05, 3.63) is 59.7 Å². The van der Waals surface area contributed by atoms with Crippen LogP contribution in [0.5, 0.6) is 0 Å². The van der Waals surface area contributed by atoms with Crippen molar-refractivity contribution in [3.8, 4) is 0 Å². The van der Waals surface area contributed by atoms with Crippen molar-refractivity contribution in [2.75, 3.05) is 17.4 Å². The van der Waals surface area contributed by atoms with Crippen molar-refractivity contribution in [1.82, 2.24) is 5.32 Å². The maximum absolute atomic E-state index is 13.2. The number of rotatable bonds is 6. The van der Waals surface area contributed by atoms with Crippen LogP contribution in [0.25, 0.3) is 0 Å². The average molecular weight is 372 g/mol. The van der Waals surface area contributed by atoms with Crippen molar-refractivity contribution in [2.24, 2.45) is 0 Å². The van der Waals surface area contributed by atoms with E-state index in [4.69, 9.17) is 0 Å². The molecule has 1 heterocycles. The Labute approximate surface area is 155 Å². The number of anilines is 1. The van der Waals surface area contributed by atoms with E-state index in [2.05, 4.69) is 12.2 Å². The standard InChI is InChI=1S/C20H24N2O3S/c1-2-3-13-21-20(23)17-9-6-11-18(15-17)26(24,25)22-14-7-10-16-8-4-5-12-19(16)22/h4-6,8-9,11-12,15H,2-3,7,10,13-14H2,1H3,(H,21,23). The van der Waals surface area contributed by atoms with Crippen LogP contribution in [-0.4, -0.2) is 27.4 Å². The normalized spacial score (nSPS) is 14.0. The van der Waals surface area contributed by atoms with Crippen LogP contribution in [0.15, 0.2) is 53.4 Å². The first-order chi connectivity index (χ1) is 12.5. The number of nitrogens with zero attached hydrogens (tertiary/aromatic N) is 1. The van der Waals surface area contributed by atoms with Crippen molar-refractivity contribution in [2.45, 2.75) is 37.5 Å². The third-order valence-electron chi connectivity index (χ3n) is 4.57. The Morgan fingerprint density at radius 1 is 1.15 bits per heavy atom. The second-order valence-corrected chi connectivity index (χ2v) is 8.31. The molecule has 3 rings (SSSR count). The van der Waals surface area contributed by atoms with Crippen LogP contribution in [0.4, 0.5) is 5.69 Å². The summed E-state index contributed by atoms with van der Waals surface area (Å²) in [4.78, 5) is 12.4. The third-order valence-corrected chi connectivity index (χ3v) is 6.38. The minimum atomic E-state index is -3.70. The molecule has 0 fully saturated rings. The van der Waals surface area contributed by atoms with E-state index >= 15 is 0 Å². The maximum atomic E-state index is 13.2. The molecule has 1 N–H and O–H groups in total. The van der Waals surface area contributed by atoms with E-state index < -0.39 is 10.0 Å². The first kappa shape index (κ1) is 18.5. The highest BCUT2D eigenvalue weighted by atomic mass is 32.2. The second kappa shape index (κ2) is 7.91. The van der Waals surface area contributed by atoms with Gasteiger partial charge in [0.2, 0.25) is 0 Å². The zero-order chi connectivity index (χ0) is 18.6. The van der Waals surface area contributed by atoms with Crippen molar-refractivity contribution < 1.29 is 13.2 Å². The predicted molar refractivity (Wildman–Crippen MR) is 103 cm³/mol. The number of sulfonamides is 1. The number of carbonyl (C=O) groups is 1. The number of aryl methyl sites for hydroxylation is 1. The number of amides is 1. The average Bonchev–Trinajstić information content (AvgIpc) is 2.67. The minimum Gasteiger partial charge on any atom is -0.352 e. The van der Waals surface area contributed by atoms with Crippen LogP contribution in [0.1, 0.15) is 42.1 Å². The van der Waals surface area contributed by atoms with Gasteiger partial charge in [-0.15, -0.1) is 0 Å². The van der Waals surface area contributed by atoms with E-state index in [-0.39, 0.29) is 10.8 Å². The number of fused-ring (bicyclic) bond motifs is 1. The molecule has 0 bridgehead atoms. The van der Waals surface area contributed by atoms with Crippen LogP contribution in [-0.2, 0) is 16.4 Å². The van der Waals surface area contributed by atoms with Gasteiger partial charge in [-0.2, -0.15) is 0 Å². The number of carbonyl (C=O) groups excluding carboxylic acids is 1. The van der Waals surface area contributed by atoms with E-state index in [9.17, 15) is 13.2 Å². The van der Waals surface area contributed by atoms with Crippen molar-refractivity contribution in [3.63, 3.8) is 0 Å². The smallest absolute Gasteiger partial charge is 0.264 e. The fraction of sp³-hybridized carbons (Fsp3) is 0.350. The Morgan fingerprint density at radius 3 is 2.77 bits per heavy atom. The molecule has 1 amide bonds. The lowest BCUT2D eigenvalue weighted by Gasteiger charge is -2.30. The molecule has 138 valence electrons. The van der Waals surface area contributed by atoms with Crippen molar-refractivity contribution in [1.29, 1.82) is 0 Å². The molecule has 0 radical (unpaired) electrons. The molecule has 2 aromatic carbocycles. The molecular formula is C20H24N2O3S. The molecule has 0 aromatic heterocycles.